The fraction of sp³-hybridized carbons (Fsp3) is 1.00. The van der Waals surface area contributed by atoms with Crippen molar-refractivity contribution >= 4 is 0 Å². The molecule has 94 valence electrons. The monoisotopic (exact) mass is 233 g/mol. The zero-order valence-electron chi connectivity index (χ0n) is 9.85. The highest BCUT2D eigenvalue weighted by atomic mass is 19.3. The summed E-state index contributed by atoms with van der Waals surface area (Å²) in [5.74, 6) is -1.67. The molecule has 0 aromatic heterocycles. The average molecular weight is 233 g/mol. The first-order valence-electron chi connectivity index (χ1n) is 6.26. The molecule has 0 aromatic rings. The maximum absolute atomic E-state index is 12.6. The van der Waals surface area contributed by atoms with Gasteiger partial charge in [-0.15, -0.1) is 0 Å². The molecule has 2 rings (SSSR count). The van der Waals surface area contributed by atoms with Gasteiger partial charge in [-0.3, -0.25) is 0 Å². The van der Waals surface area contributed by atoms with Crippen LogP contribution in [0.3, 0.4) is 0 Å². The lowest BCUT2D eigenvalue weighted by atomic mass is 9.81. The van der Waals surface area contributed by atoms with Crippen LogP contribution in [0.15, 0.2) is 0 Å². The van der Waals surface area contributed by atoms with Gasteiger partial charge in [-0.05, 0) is 38.1 Å². The molecule has 4 heteroatoms. The van der Waals surface area contributed by atoms with E-state index in [1.165, 1.54) is 6.42 Å². The average Bonchev–Trinajstić information content (AvgIpc) is 2.24. The number of hydrogen-bond donors (Lipinski definition) is 1. The second-order valence-electron chi connectivity index (χ2n) is 5.30. The molecule has 1 aliphatic carbocycles. The van der Waals surface area contributed by atoms with Crippen molar-refractivity contribution in [1.82, 2.24) is 5.32 Å². The minimum atomic E-state index is -2.39. The molecule has 1 N–H and O–H groups in total. The van der Waals surface area contributed by atoms with Crippen molar-refractivity contribution in [1.29, 1.82) is 0 Å². The van der Waals surface area contributed by atoms with Crippen LogP contribution in [0.2, 0.25) is 0 Å². The summed E-state index contributed by atoms with van der Waals surface area (Å²) in [6.07, 6.45) is 2.44. The molecule has 16 heavy (non-hydrogen) atoms. The highest BCUT2D eigenvalue weighted by molar-refractivity contribution is 4.88. The first-order chi connectivity index (χ1) is 7.57. The third-order valence-electron chi connectivity index (χ3n) is 3.81. The van der Waals surface area contributed by atoms with Gasteiger partial charge in [-0.25, -0.2) is 8.78 Å². The first kappa shape index (κ1) is 12.2. The summed E-state index contributed by atoms with van der Waals surface area (Å²) in [6.45, 7) is 4.55. The first-order valence-corrected chi connectivity index (χ1v) is 6.26. The van der Waals surface area contributed by atoms with Crippen molar-refractivity contribution < 1.29 is 13.5 Å². The van der Waals surface area contributed by atoms with E-state index in [0.29, 0.717) is 12.0 Å². The second kappa shape index (κ2) is 4.96. The van der Waals surface area contributed by atoms with Crippen LogP contribution in [-0.4, -0.2) is 31.7 Å². The molecule has 0 bridgehead atoms. The third kappa shape index (κ3) is 3.14. The summed E-state index contributed by atoms with van der Waals surface area (Å²) in [5.41, 5.74) is 0. The highest BCUT2D eigenvalue weighted by Crippen LogP contribution is 2.41. The van der Waals surface area contributed by atoms with Crippen LogP contribution in [0.5, 0.6) is 0 Å². The second-order valence-corrected chi connectivity index (χ2v) is 5.30. The van der Waals surface area contributed by atoms with E-state index in [-0.39, 0.29) is 18.8 Å². The van der Waals surface area contributed by atoms with E-state index < -0.39 is 5.92 Å². The molecule has 0 aromatic carbocycles. The number of nitrogens with one attached hydrogen (secondary N) is 1. The molecule has 1 aliphatic heterocycles. The Labute approximate surface area is 95.7 Å². The number of halogens is 2. The summed E-state index contributed by atoms with van der Waals surface area (Å²) < 4.78 is 30.7. The van der Waals surface area contributed by atoms with Gasteiger partial charge in [-0.1, -0.05) is 0 Å². The van der Waals surface area contributed by atoms with Crippen molar-refractivity contribution in [3.05, 3.63) is 0 Å². The van der Waals surface area contributed by atoms with Crippen LogP contribution < -0.4 is 5.32 Å². The van der Waals surface area contributed by atoms with Crippen molar-refractivity contribution in [2.75, 3.05) is 19.8 Å². The van der Waals surface area contributed by atoms with Crippen molar-refractivity contribution in [2.24, 2.45) is 11.8 Å². The molecule has 1 saturated heterocycles. The Kier molecular flexibility index (Phi) is 3.80. The van der Waals surface area contributed by atoms with E-state index in [9.17, 15) is 8.78 Å². The molecule has 2 nitrogen and oxygen atoms in total. The minimum absolute atomic E-state index is 0.0634. The van der Waals surface area contributed by atoms with Crippen LogP contribution in [-0.2, 0) is 4.74 Å². The molecule has 1 saturated carbocycles. The Morgan fingerprint density at radius 3 is 2.75 bits per heavy atom. The van der Waals surface area contributed by atoms with Gasteiger partial charge in [0.2, 0.25) is 5.92 Å². The van der Waals surface area contributed by atoms with E-state index in [1.807, 2.05) is 0 Å². The largest absolute Gasteiger partial charge is 0.381 e. The van der Waals surface area contributed by atoms with Crippen LogP contribution in [0.1, 0.15) is 32.6 Å². The summed E-state index contributed by atoms with van der Waals surface area (Å²) >= 11 is 0. The fourth-order valence-electron chi connectivity index (χ4n) is 2.61. The zero-order chi connectivity index (χ0) is 11.6. The summed E-state index contributed by atoms with van der Waals surface area (Å²) in [4.78, 5) is 0. The maximum Gasteiger partial charge on any atom is 0.248 e. The van der Waals surface area contributed by atoms with E-state index in [0.717, 1.165) is 26.2 Å². The molecule has 2 atom stereocenters. The van der Waals surface area contributed by atoms with Gasteiger partial charge in [0, 0.05) is 25.5 Å². The quantitative estimate of drug-likeness (QED) is 0.805. The predicted molar refractivity (Wildman–Crippen MR) is 58.7 cm³/mol. The Morgan fingerprint density at radius 2 is 2.19 bits per heavy atom. The number of ether oxygens (including phenoxy) is 1. The molecule has 0 radical (unpaired) electrons. The molecular formula is C12H21F2NO. The standard InChI is InChI=1S/C12H21F2NO/c1-9(11-3-2-4-16-8-11)15-7-10-5-12(13,14)6-10/h9-11,15H,2-8H2,1H3/t9-,11+/m1/s1. The predicted octanol–water partition coefficient (Wildman–Crippen LogP) is 2.44. The summed E-state index contributed by atoms with van der Waals surface area (Å²) in [7, 11) is 0. The number of hydrogen-bond acceptors (Lipinski definition) is 2. The fourth-order valence-corrected chi connectivity index (χ4v) is 2.61. The number of rotatable bonds is 4. The maximum atomic E-state index is 12.6. The van der Waals surface area contributed by atoms with Crippen LogP contribution >= 0.6 is 0 Å². The van der Waals surface area contributed by atoms with Gasteiger partial charge < -0.3 is 10.1 Å². The lowest BCUT2D eigenvalue weighted by Gasteiger charge is -2.37. The van der Waals surface area contributed by atoms with Gasteiger partial charge in [0.1, 0.15) is 0 Å². The normalized spacial score (nSPS) is 32.1. The minimum Gasteiger partial charge on any atom is -0.381 e. The Balaban J connectivity index is 1.62. The van der Waals surface area contributed by atoms with Crippen LogP contribution in [0.25, 0.3) is 0 Å². The van der Waals surface area contributed by atoms with Gasteiger partial charge in [-0.2, -0.15) is 0 Å². The molecule has 1 heterocycles. The van der Waals surface area contributed by atoms with Gasteiger partial charge >= 0.3 is 0 Å². The third-order valence-corrected chi connectivity index (χ3v) is 3.81. The Hall–Kier alpha value is -0.220. The lowest BCUT2D eigenvalue weighted by molar-refractivity contribution is -0.110. The van der Waals surface area contributed by atoms with Gasteiger partial charge in [0.15, 0.2) is 0 Å². The highest BCUT2D eigenvalue weighted by Gasteiger charge is 2.44. The molecule has 0 unspecified atom stereocenters. The molecule has 2 fully saturated rings. The van der Waals surface area contributed by atoms with Gasteiger partial charge in [0.25, 0.3) is 0 Å². The molecule has 0 amide bonds. The van der Waals surface area contributed by atoms with Crippen molar-refractivity contribution in [2.45, 2.75) is 44.6 Å². The lowest BCUT2D eigenvalue weighted by Crippen LogP contribution is -2.45. The molecule has 2 aliphatic rings. The topological polar surface area (TPSA) is 21.3 Å². The van der Waals surface area contributed by atoms with Crippen molar-refractivity contribution in [3.63, 3.8) is 0 Å². The van der Waals surface area contributed by atoms with Crippen molar-refractivity contribution in [3.8, 4) is 0 Å². The van der Waals surface area contributed by atoms with E-state index in [1.54, 1.807) is 0 Å². The smallest absolute Gasteiger partial charge is 0.248 e. The van der Waals surface area contributed by atoms with E-state index >= 15 is 0 Å². The number of alkyl halides is 2. The summed E-state index contributed by atoms with van der Waals surface area (Å²) in [5, 5.41) is 3.38. The molecule has 0 spiro atoms. The summed E-state index contributed by atoms with van der Waals surface area (Å²) in [6, 6.07) is 0.384. The Morgan fingerprint density at radius 1 is 1.44 bits per heavy atom. The van der Waals surface area contributed by atoms with Gasteiger partial charge in [0.05, 0.1) is 6.61 Å². The Bertz CT molecular complexity index is 221. The zero-order valence-corrected chi connectivity index (χ0v) is 9.85. The van der Waals surface area contributed by atoms with Crippen LogP contribution in [0.4, 0.5) is 8.78 Å². The molecular weight excluding hydrogens is 212 g/mol. The van der Waals surface area contributed by atoms with Crippen LogP contribution in [0, 0.1) is 11.8 Å². The van der Waals surface area contributed by atoms with E-state index in [2.05, 4.69) is 12.2 Å². The van der Waals surface area contributed by atoms with E-state index in [4.69, 9.17) is 4.74 Å². The SMILES string of the molecule is C[C@@H](NCC1CC(F)(F)C1)[C@H]1CCCOC1.